The van der Waals surface area contributed by atoms with E-state index in [9.17, 15) is 14.3 Å². The lowest BCUT2D eigenvalue weighted by Crippen LogP contribution is -2.06. The third-order valence-electron chi connectivity index (χ3n) is 3.30. The number of rotatable bonds is 6. The van der Waals surface area contributed by atoms with Crippen LogP contribution in [0.3, 0.4) is 0 Å². The average molecular weight is 294 g/mol. The first-order chi connectivity index (χ1) is 9.73. The van der Waals surface area contributed by atoms with Crippen molar-refractivity contribution in [3.8, 4) is 5.75 Å². The van der Waals surface area contributed by atoms with E-state index in [1.165, 1.54) is 26.0 Å². The number of hydrogen-bond acceptors (Lipinski definition) is 3. The van der Waals surface area contributed by atoms with Crippen molar-refractivity contribution >= 4 is 11.9 Å². The van der Waals surface area contributed by atoms with Gasteiger partial charge in [-0.1, -0.05) is 13.8 Å². The third kappa shape index (κ3) is 4.59. The second kappa shape index (κ2) is 7.25. The molecule has 0 heterocycles. The number of carbonyl (C=O) groups excluding carboxylic acids is 1. The highest BCUT2D eigenvalue weighted by atomic mass is 19.1. The fraction of sp³-hybridized carbons (Fsp3) is 0.471. The molecule has 0 aliphatic carbocycles. The molecule has 3 nitrogen and oxygen atoms in total. The lowest BCUT2D eigenvalue weighted by Gasteiger charge is -2.12. The first-order valence-electron chi connectivity index (χ1n) is 7.08. The molecule has 0 amide bonds. The van der Waals surface area contributed by atoms with Gasteiger partial charge in [-0.2, -0.15) is 0 Å². The van der Waals surface area contributed by atoms with Crippen LogP contribution in [0.1, 0.15) is 43.9 Å². The van der Waals surface area contributed by atoms with Crippen LogP contribution in [-0.2, 0) is 9.53 Å². The number of ether oxygens (including phenoxy) is 1. The number of aryl methyl sites for hydroxylation is 1. The van der Waals surface area contributed by atoms with Gasteiger partial charge in [0, 0.05) is 18.1 Å². The molecule has 1 aromatic carbocycles. The van der Waals surface area contributed by atoms with E-state index < -0.39 is 5.82 Å². The van der Waals surface area contributed by atoms with Gasteiger partial charge in [-0.05, 0) is 43.9 Å². The van der Waals surface area contributed by atoms with Gasteiger partial charge in [0.15, 0.2) is 11.5 Å². The van der Waals surface area contributed by atoms with Crippen molar-refractivity contribution in [2.75, 3.05) is 6.61 Å². The summed E-state index contributed by atoms with van der Waals surface area (Å²) in [6.07, 6.45) is 2.24. The molecule has 1 aromatic rings. The maximum atomic E-state index is 14.2. The maximum Gasteiger partial charge on any atom is 0.194 e. The molecule has 0 unspecified atom stereocenters. The van der Waals surface area contributed by atoms with E-state index in [0.717, 1.165) is 6.42 Å². The molecule has 0 fully saturated rings. The molecule has 1 rings (SSSR count). The predicted molar refractivity (Wildman–Crippen MR) is 81.6 cm³/mol. The summed E-state index contributed by atoms with van der Waals surface area (Å²) in [4.78, 5) is 11.6. The van der Waals surface area contributed by atoms with E-state index in [1.807, 2.05) is 0 Å². The Morgan fingerprint density at radius 3 is 2.57 bits per heavy atom. The van der Waals surface area contributed by atoms with E-state index in [2.05, 4.69) is 13.8 Å². The van der Waals surface area contributed by atoms with Crippen LogP contribution in [0.5, 0.6) is 5.75 Å². The Morgan fingerprint density at radius 2 is 2.05 bits per heavy atom. The lowest BCUT2D eigenvalue weighted by molar-refractivity contribution is -0.116. The summed E-state index contributed by atoms with van der Waals surface area (Å²) >= 11 is 0. The number of hydrogen-bond donors (Lipinski definition) is 1. The van der Waals surface area contributed by atoms with Crippen molar-refractivity contribution in [2.24, 2.45) is 5.92 Å². The molecular formula is C17H23FO3. The smallest absolute Gasteiger partial charge is 0.194 e. The number of ketones is 1. The predicted octanol–water partition coefficient (Wildman–Crippen LogP) is 4.14. The zero-order valence-corrected chi connectivity index (χ0v) is 13.3. The normalized spacial score (nSPS) is 11.9. The van der Waals surface area contributed by atoms with Crippen LogP contribution < -0.4 is 0 Å². The first-order valence-corrected chi connectivity index (χ1v) is 7.08. The van der Waals surface area contributed by atoms with Crippen molar-refractivity contribution in [3.05, 3.63) is 34.3 Å². The average Bonchev–Trinajstić information content (AvgIpc) is 2.38. The number of aromatic hydroxyl groups is 1. The van der Waals surface area contributed by atoms with E-state index >= 15 is 0 Å². The Hall–Kier alpha value is -1.84. The van der Waals surface area contributed by atoms with E-state index in [0.29, 0.717) is 18.1 Å². The Bertz CT molecular complexity index is 560. The number of phenolic OH excluding ortho intramolecular Hbond substituents is 1. The second-order valence-corrected chi connectivity index (χ2v) is 5.66. The van der Waals surface area contributed by atoms with Crippen LogP contribution in [0, 0.1) is 25.6 Å². The molecule has 0 aliphatic heterocycles. The summed E-state index contributed by atoms with van der Waals surface area (Å²) in [5.41, 5.74) is 0.999. The number of halogens is 1. The largest absolute Gasteiger partial charge is 0.508 e. The molecule has 0 bridgehead atoms. The highest BCUT2D eigenvalue weighted by Crippen LogP contribution is 2.27. The highest BCUT2D eigenvalue weighted by molar-refractivity contribution is 5.96. The minimum atomic E-state index is -0.529. The van der Waals surface area contributed by atoms with Crippen LogP contribution in [0.25, 0.3) is 6.08 Å². The van der Waals surface area contributed by atoms with Gasteiger partial charge in [0.25, 0.3) is 0 Å². The Morgan fingerprint density at radius 1 is 1.43 bits per heavy atom. The van der Waals surface area contributed by atoms with E-state index in [4.69, 9.17) is 4.74 Å². The van der Waals surface area contributed by atoms with Crippen molar-refractivity contribution in [1.82, 2.24) is 0 Å². The molecule has 21 heavy (non-hydrogen) atoms. The van der Waals surface area contributed by atoms with Gasteiger partial charge in [-0.15, -0.1) is 0 Å². The quantitative estimate of drug-likeness (QED) is 0.633. The lowest BCUT2D eigenvalue weighted by atomic mass is 10.0. The Balaban J connectivity index is 3.12. The van der Waals surface area contributed by atoms with Gasteiger partial charge in [-0.3, -0.25) is 4.79 Å². The van der Waals surface area contributed by atoms with Gasteiger partial charge in [0.1, 0.15) is 11.6 Å². The van der Waals surface area contributed by atoms with Gasteiger partial charge in [0.05, 0.1) is 6.61 Å². The number of Topliss-reactive ketones (excluding diaryl/α,β-unsaturated/α-hetero) is 1. The molecule has 0 aromatic heterocycles. The molecule has 116 valence electrons. The molecule has 0 aliphatic rings. The topological polar surface area (TPSA) is 46.5 Å². The molecule has 0 spiro atoms. The van der Waals surface area contributed by atoms with Gasteiger partial charge >= 0.3 is 0 Å². The summed E-state index contributed by atoms with van der Waals surface area (Å²) in [5, 5.41) is 9.59. The number of carbonyl (C=O) groups is 1. The summed E-state index contributed by atoms with van der Waals surface area (Å²) in [7, 11) is 0. The van der Waals surface area contributed by atoms with Crippen LogP contribution >= 0.6 is 0 Å². The second-order valence-electron chi connectivity index (χ2n) is 5.66. The molecule has 0 saturated heterocycles. The summed E-state index contributed by atoms with van der Waals surface area (Å²) in [6, 6.07) is 1.48. The fourth-order valence-corrected chi connectivity index (χ4v) is 1.84. The standard InChI is InChI=1S/C17H23FO3/c1-10(2)6-7-21-16(13(5)19)9-14-11(3)8-15(20)12(4)17(14)18/h8-10,20H,6-7H2,1-5H3/b16-9+. The Kier molecular flexibility index (Phi) is 5.94. The van der Waals surface area contributed by atoms with Gasteiger partial charge < -0.3 is 9.84 Å². The van der Waals surface area contributed by atoms with E-state index in [1.54, 1.807) is 6.92 Å². The molecule has 0 atom stereocenters. The summed E-state index contributed by atoms with van der Waals surface area (Å²) in [5.74, 6) is -0.260. The van der Waals surface area contributed by atoms with Gasteiger partial charge in [0.2, 0.25) is 0 Å². The SMILES string of the molecule is CC(=O)/C(=C\c1c(C)cc(O)c(C)c1F)OCCC(C)C. The van der Waals surface area contributed by atoms with Gasteiger partial charge in [-0.25, -0.2) is 4.39 Å². The summed E-state index contributed by atoms with van der Waals surface area (Å²) in [6.45, 7) is 9.11. The van der Waals surface area contributed by atoms with Crippen molar-refractivity contribution in [2.45, 2.75) is 41.0 Å². The summed E-state index contributed by atoms with van der Waals surface area (Å²) < 4.78 is 19.7. The van der Waals surface area contributed by atoms with E-state index in [-0.39, 0.29) is 28.4 Å². The molecule has 4 heteroatoms. The van der Waals surface area contributed by atoms with Crippen molar-refractivity contribution in [1.29, 1.82) is 0 Å². The maximum absolute atomic E-state index is 14.2. The minimum absolute atomic E-state index is 0.0905. The number of allylic oxidation sites excluding steroid dienone is 1. The van der Waals surface area contributed by atoms with Crippen LogP contribution in [-0.4, -0.2) is 17.5 Å². The number of phenols is 1. The number of benzene rings is 1. The van der Waals surface area contributed by atoms with Crippen molar-refractivity contribution < 1.29 is 19.0 Å². The minimum Gasteiger partial charge on any atom is -0.508 e. The fourth-order valence-electron chi connectivity index (χ4n) is 1.84. The third-order valence-corrected chi connectivity index (χ3v) is 3.30. The van der Waals surface area contributed by atoms with Crippen LogP contribution in [0.15, 0.2) is 11.8 Å². The monoisotopic (exact) mass is 294 g/mol. The molecular weight excluding hydrogens is 271 g/mol. The Labute approximate surface area is 125 Å². The van der Waals surface area contributed by atoms with Crippen molar-refractivity contribution in [3.63, 3.8) is 0 Å². The molecule has 0 saturated carbocycles. The zero-order chi connectivity index (χ0) is 16.2. The van der Waals surface area contributed by atoms with Crippen LogP contribution in [0.4, 0.5) is 4.39 Å². The first kappa shape index (κ1) is 17.2. The zero-order valence-electron chi connectivity index (χ0n) is 13.3. The molecule has 0 radical (unpaired) electrons. The highest BCUT2D eigenvalue weighted by Gasteiger charge is 2.14. The molecule has 1 N–H and O–H groups in total. The van der Waals surface area contributed by atoms with Crippen LogP contribution in [0.2, 0.25) is 0 Å².